The van der Waals surface area contributed by atoms with Gasteiger partial charge in [-0.05, 0) is 0 Å². The molecular formula is C5H6F2N2O. The maximum absolute atomic E-state index is 11.5. The predicted octanol–water partition coefficient (Wildman–Crippen LogP) is 0.233. The number of carbonyl (C=O) groups excluding carboxylic acids is 1. The fraction of sp³-hybridized carbons (Fsp3) is 0.600. The molecule has 56 valence electrons. The van der Waals surface area contributed by atoms with E-state index in [0.717, 1.165) is 7.05 Å². The summed E-state index contributed by atoms with van der Waals surface area (Å²) in [5.41, 5.74) is 0. The van der Waals surface area contributed by atoms with Crippen molar-refractivity contribution in [3.63, 3.8) is 0 Å². The van der Waals surface area contributed by atoms with Crippen LogP contribution in [-0.2, 0) is 4.79 Å². The molecule has 5 heteroatoms. The summed E-state index contributed by atoms with van der Waals surface area (Å²) in [6.45, 7) is -0.302. The van der Waals surface area contributed by atoms with E-state index in [1.54, 1.807) is 6.07 Å². The Labute approximate surface area is 56.8 Å². The lowest BCUT2D eigenvalue weighted by Crippen LogP contribution is -2.32. The minimum Gasteiger partial charge on any atom is -0.327 e. The maximum Gasteiger partial charge on any atom is 0.315 e. The largest absolute Gasteiger partial charge is 0.327 e. The van der Waals surface area contributed by atoms with Gasteiger partial charge in [-0.3, -0.25) is 4.79 Å². The highest BCUT2D eigenvalue weighted by molar-refractivity contribution is 5.79. The number of carbonyl (C=O) groups is 1. The molecule has 0 aromatic carbocycles. The van der Waals surface area contributed by atoms with E-state index in [2.05, 4.69) is 0 Å². The topological polar surface area (TPSA) is 44.1 Å². The number of nitrogens with zero attached hydrogens (tertiary/aromatic N) is 2. The second-order valence-corrected chi connectivity index (χ2v) is 1.65. The van der Waals surface area contributed by atoms with Crippen LogP contribution in [0.15, 0.2) is 0 Å². The molecule has 0 radical (unpaired) electrons. The quantitative estimate of drug-likeness (QED) is 0.526. The average molecular weight is 148 g/mol. The highest BCUT2D eigenvalue weighted by Crippen LogP contribution is 1.96. The van der Waals surface area contributed by atoms with Crippen LogP contribution in [0.3, 0.4) is 0 Å². The number of hydrogen-bond acceptors (Lipinski definition) is 2. The monoisotopic (exact) mass is 148 g/mol. The number of alkyl halides is 2. The molecule has 3 nitrogen and oxygen atoms in total. The van der Waals surface area contributed by atoms with Gasteiger partial charge in [0.15, 0.2) is 0 Å². The average Bonchev–Trinajstić information content (AvgIpc) is 1.87. The molecule has 0 aliphatic rings. The minimum absolute atomic E-state index is 0.302. The first-order valence-electron chi connectivity index (χ1n) is 2.49. The van der Waals surface area contributed by atoms with Crippen LogP contribution in [0, 0.1) is 11.3 Å². The number of halogens is 2. The third-order valence-corrected chi connectivity index (χ3v) is 0.871. The van der Waals surface area contributed by atoms with E-state index < -0.39 is 12.3 Å². The van der Waals surface area contributed by atoms with Crippen LogP contribution in [0.25, 0.3) is 0 Å². The van der Waals surface area contributed by atoms with E-state index in [-0.39, 0.29) is 6.54 Å². The van der Waals surface area contributed by atoms with Crippen molar-refractivity contribution in [1.29, 1.82) is 5.26 Å². The van der Waals surface area contributed by atoms with Crippen molar-refractivity contribution in [3.05, 3.63) is 0 Å². The number of rotatable bonds is 2. The van der Waals surface area contributed by atoms with Crippen molar-refractivity contribution in [2.45, 2.75) is 6.43 Å². The van der Waals surface area contributed by atoms with Gasteiger partial charge >= 0.3 is 6.43 Å². The Balaban J connectivity index is 3.85. The molecule has 0 unspecified atom stereocenters. The molecule has 0 aliphatic carbocycles. The first-order valence-corrected chi connectivity index (χ1v) is 2.49. The van der Waals surface area contributed by atoms with Crippen LogP contribution in [-0.4, -0.2) is 30.8 Å². The molecule has 0 spiro atoms. The summed E-state index contributed by atoms with van der Waals surface area (Å²) in [6.07, 6.45) is -3.02. The molecule has 1 amide bonds. The predicted molar refractivity (Wildman–Crippen MR) is 29.3 cm³/mol. The van der Waals surface area contributed by atoms with Gasteiger partial charge in [-0.2, -0.15) is 14.0 Å². The molecule has 0 aromatic rings. The molecule has 0 atom stereocenters. The van der Waals surface area contributed by atoms with Crippen LogP contribution in [0.4, 0.5) is 8.78 Å². The molecule has 0 aliphatic heterocycles. The molecule has 0 rings (SSSR count). The van der Waals surface area contributed by atoms with Crippen LogP contribution in [0.2, 0.25) is 0 Å². The first kappa shape index (κ1) is 8.82. The van der Waals surface area contributed by atoms with Crippen LogP contribution >= 0.6 is 0 Å². The Morgan fingerprint density at radius 3 is 2.60 bits per heavy atom. The summed E-state index contributed by atoms with van der Waals surface area (Å²) in [7, 11) is 1.15. The van der Waals surface area contributed by atoms with E-state index in [1.807, 2.05) is 0 Å². The van der Waals surface area contributed by atoms with E-state index >= 15 is 0 Å². The second kappa shape index (κ2) is 3.77. The maximum atomic E-state index is 11.5. The number of hydrogen-bond donors (Lipinski definition) is 0. The van der Waals surface area contributed by atoms with Gasteiger partial charge in [-0.1, -0.05) is 0 Å². The van der Waals surface area contributed by atoms with Gasteiger partial charge in [-0.25, -0.2) is 0 Å². The van der Waals surface area contributed by atoms with Gasteiger partial charge in [0, 0.05) is 7.05 Å². The molecule has 0 saturated carbocycles. The number of amides is 1. The highest BCUT2D eigenvalue weighted by atomic mass is 19.3. The Morgan fingerprint density at radius 2 is 2.30 bits per heavy atom. The lowest BCUT2D eigenvalue weighted by molar-refractivity contribution is -0.140. The molecular weight excluding hydrogens is 142 g/mol. The van der Waals surface area contributed by atoms with Gasteiger partial charge in [0.05, 0.1) is 6.07 Å². The molecule has 0 bridgehead atoms. The molecule has 0 N–H and O–H groups in total. The Kier molecular flexibility index (Phi) is 3.33. The van der Waals surface area contributed by atoms with Gasteiger partial charge < -0.3 is 4.90 Å². The summed E-state index contributed by atoms with van der Waals surface area (Å²) in [5, 5.41) is 7.98. The Morgan fingerprint density at radius 1 is 1.80 bits per heavy atom. The van der Waals surface area contributed by atoms with E-state index in [0.29, 0.717) is 4.90 Å². The van der Waals surface area contributed by atoms with Gasteiger partial charge in [-0.15, -0.1) is 0 Å². The van der Waals surface area contributed by atoms with Gasteiger partial charge in [0.2, 0.25) is 0 Å². The first-order chi connectivity index (χ1) is 4.59. The number of nitriles is 1. The van der Waals surface area contributed by atoms with E-state index in [9.17, 15) is 13.6 Å². The van der Waals surface area contributed by atoms with E-state index in [1.165, 1.54) is 0 Å². The molecule has 0 saturated heterocycles. The summed E-state index contributed by atoms with van der Waals surface area (Å²) < 4.78 is 23.0. The summed E-state index contributed by atoms with van der Waals surface area (Å²) >= 11 is 0. The summed E-state index contributed by atoms with van der Waals surface area (Å²) in [4.78, 5) is 10.9. The molecule has 0 aromatic heterocycles. The van der Waals surface area contributed by atoms with Crippen LogP contribution in [0.5, 0.6) is 0 Å². The summed E-state index contributed by atoms with van der Waals surface area (Å²) in [5.74, 6) is -1.32. The highest BCUT2D eigenvalue weighted by Gasteiger charge is 2.18. The van der Waals surface area contributed by atoms with Crippen LogP contribution < -0.4 is 0 Å². The minimum atomic E-state index is -3.02. The van der Waals surface area contributed by atoms with Crippen LogP contribution in [0.1, 0.15) is 0 Å². The molecule has 10 heavy (non-hydrogen) atoms. The fourth-order valence-corrected chi connectivity index (χ4v) is 0.351. The Hall–Kier alpha value is -1.18. The Bertz CT molecular complexity index is 164. The van der Waals surface area contributed by atoms with Crippen molar-refractivity contribution in [2.24, 2.45) is 0 Å². The third kappa shape index (κ3) is 2.40. The lowest BCUT2D eigenvalue weighted by Gasteiger charge is -2.10. The van der Waals surface area contributed by atoms with Crippen molar-refractivity contribution in [1.82, 2.24) is 4.90 Å². The van der Waals surface area contributed by atoms with Crippen molar-refractivity contribution in [3.8, 4) is 6.07 Å². The summed E-state index contributed by atoms with van der Waals surface area (Å²) in [6, 6.07) is 1.58. The molecule has 0 fully saturated rings. The standard InChI is InChI=1S/C5H6F2N2O/c1-9(3-2-8)5(10)4(6)7/h4H,3H2,1H3. The zero-order valence-electron chi connectivity index (χ0n) is 5.34. The molecule has 0 heterocycles. The van der Waals surface area contributed by atoms with Crippen molar-refractivity contribution >= 4 is 5.91 Å². The second-order valence-electron chi connectivity index (χ2n) is 1.65. The van der Waals surface area contributed by atoms with Gasteiger partial charge in [0.1, 0.15) is 6.54 Å². The third-order valence-electron chi connectivity index (χ3n) is 0.871. The van der Waals surface area contributed by atoms with Crippen molar-refractivity contribution in [2.75, 3.05) is 13.6 Å². The fourth-order valence-electron chi connectivity index (χ4n) is 0.351. The smallest absolute Gasteiger partial charge is 0.315 e. The van der Waals surface area contributed by atoms with E-state index in [4.69, 9.17) is 5.26 Å². The SMILES string of the molecule is CN(CC#N)C(=O)C(F)F. The zero-order chi connectivity index (χ0) is 8.15. The lowest BCUT2D eigenvalue weighted by atomic mass is 10.5. The normalized spacial score (nSPS) is 9.10. The van der Waals surface area contributed by atoms with Gasteiger partial charge in [0.25, 0.3) is 5.91 Å². The zero-order valence-corrected chi connectivity index (χ0v) is 5.34. The van der Waals surface area contributed by atoms with Crippen molar-refractivity contribution < 1.29 is 13.6 Å².